The van der Waals surface area contributed by atoms with E-state index in [1.165, 1.54) is 6.92 Å². The van der Waals surface area contributed by atoms with Crippen LogP contribution in [0.1, 0.15) is 38.7 Å². The van der Waals surface area contributed by atoms with Gasteiger partial charge in [-0.1, -0.05) is 50.1 Å². The molecular formula is C15H20O3. The van der Waals surface area contributed by atoms with Crippen LogP contribution >= 0.6 is 0 Å². The van der Waals surface area contributed by atoms with Crippen molar-refractivity contribution >= 4 is 11.8 Å². The number of carbonyl (C=O) groups excluding carboxylic acids is 2. The zero-order valence-electron chi connectivity index (χ0n) is 11.0. The molecule has 0 aliphatic heterocycles. The van der Waals surface area contributed by atoms with E-state index in [4.69, 9.17) is 4.74 Å². The lowest BCUT2D eigenvalue weighted by atomic mass is 9.98. The van der Waals surface area contributed by atoms with Gasteiger partial charge in [0.2, 0.25) is 0 Å². The van der Waals surface area contributed by atoms with Crippen LogP contribution in [-0.4, -0.2) is 11.8 Å². The van der Waals surface area contributed by atoms with Crippen molar-refractivity contribution in [3.8, 4) is 0 Å². The Balaban J connectivity index is 2.49. The second-order valence-corrected chi connectivity index (χ2v) is 4.40. The molecule has 0 N–H and O–H groups in total. The van der Waals surface area contributed by atoms with Gasteiger partial charge in [0.15, 0.2) is 0 Å². The Bertz CT molecular complexity index is 384. The van der Waals surface area contributed by atoms with Gasteiger partial charge in [-0.25, -0.2) is 0 Å². The fourth-order valence-corrected chi connectivity index (χ4v) is 1.72. The minimum atomic E-state index is -0.603. The molecule has 0 saturated carbocycles. The molecule has 98 valence electrons. The van der Waals surface area contributed by atoms with Gasteiger partial charge < -0.3 is 4.74 Å². The molecule has 0 aliphatic carbocycles. The smallest absolute Gasteiger partial charge is 0.316 e. The number of hydrogen-bond donors (Lipinski definition) is 0. The van der Waals surface area contributed by atoms with Crippen molar-refractivity contribution < 1.29 is 14.3 Å². The standard InChI is InChI=1S/C15H20O3/c1-3-4-10-14(12(2)16)15(17)18-11-13-8-6-5-7-9-13/h5-9,14H,3-4,10-11H2,1-2H3. The first-order chi connectivity index (χ1) is 8.65. The number of Topliss-reactive ketones (excluding diaryl/α,β-unsaturated/α-hetero) is 1. The van der Waals surface area contributed by atoms with Crippen molar-refractivity contribution in [2.75, 3.05) is 0 Å². The lowest BCUT2D eigenvalue weighted by Crippen LogP contribution is -2.24. The first-order valence-electron chi connectivity index (χ1n) is 6.36. The lowest BCUT2D eigenvalue weighted by molar-refractivity contribution is -0.153. The van der Waals surface area contributed by atoms with Gasteiger partial charge in [-0.2, -0.15) is 0 Å². The molecule has 0 spiro atoms. The molecule has 1 rings (SSSR count). The number of ether oxygens (including phenoxy) is 1. The van der Waals surface area contributed by atoms with E-state index in [2.05, 4.69) is 0 Å². The number of carbonyl (C=O) groups is 2. The molecule has 1 atom stereocenters. The van der Waals surface area contributed by atoms with Crippen LogP contribution in [0, 0.1) is 5.92 Å². The van der Waals surface area contributed by atoms with Crippen LogP contribution in [0.5, 0.6) is 0 Å². The maximum absolute atomic E-state index is 11.8. The molecular weight excluding hydrogens is 228 g/mol. The van der Waals surface area contributed by atoms with Gasteiger partial charge in [-0.05, 0) is 18.9 Å². The van der Waals surface area contributed by atoms with Crippen LogP contribution in [0.15, 0.2) is 30.3 Å². The van der Waals surface area contributed by atoms with Crippen molar-refractivity contribution in [3.05, 3.63) is 35.9 Å². The van der Waals surface area contributed by atoms with E-state index >= 15 is 0 Å². The Morgan fingerprint density at radius 1 is 1.22 bits per heavy atom. The Morgan fingerprint density at radius 2 is 1.89 bits per heavy atom. The zero-order chi connectivity index (χ0) is 13.4. The van der Waals surface area contributed by atoms with Gasteiger partial charge >= 0.3 is 5.97 Å². The number of hydrogen-bond acceptors (Lipinski definition) is 3. The van der Waals surface area contributed by atoms with Crippen LogP contribution in [-0.2, 0) is 20.9 Å². The normalized spacial score (nSPS) is 11.9. The monoisotopic (exact) mass is 248 g/mol. The molecule has 1 aromatic rings. The average Bonchev–Trinajstić information content (AvgIpc) is 2.37. The van der Waals surface area contributed by atoms with E-state index in [1.54, 1.807) is 0 Å². The van der Waals surface area contributed by atoms with Crippen LogP contribution in [0.25, 0.3) is 0 Å². The third-order valence-electron chi connectivity index (χ3n) is 2.85. The van der Waals surface area contributed by atoms with Crippen LogP contribution in [0.2, 0.25) is 0 Å². The molecule has 0 amide bonds. The molecule has 0 aromatic heterocycles. The summed E-state index contributed by atoms with van der Waals surface area (Å²) in [5, 5.41) is 0. The minimum absolute atomic E-state index is 0.110. The molecule has 0 aliphatic rings. The maximum Gasteiger partial charge on any atom is 0.316 e. The summed E-state index contributed by atoms with van der Waals surface area (Å²) in [7, 11) is 0. The summed E-state index contributed by atoms with van der Waals surface area (Å²) in [4.78, 5) is 23.2. The average molecular weight is 248 g/mol. The van der Waals surface area contributed by atoms with Crippen LogP contribution < -0.4 is 0 Å². The highest BCUT2D eigenvalue weighted by Gasteiger charge is 2.24. The van der Waals surface area contributed by atoms with Gasteiger partial charge in [-0.3, -0.25) is 9.59 Å². The van der Waals surface area contributed by atoms with Crippen molar-refractivity contribution in [3.63, 3.8) is 0 Å². The number of benzene rings is 1. The summed E-state index contributed by atoms with van der Waals surface area (Å²) < 4.78 is 5.19. The molecule has 0 fully saturated rings. The third-order valence-corrected chi connectivity index (χ3v) is 2.85. The number of unbranched alkanes of at least 4 members (excludes halogenated alkanes) is 1. The first kappa shape index (κ1) is 14.4. The van der Waals surface area contributed by atoms with Crippen LogP contribution in [0.4, 0.5) is 0 Å². The van der Waals surface area contributed by atoms with E-state index in [0.717, 1.165) is 18.4 Å². The number of rotatable bonds is 7. The zero-order valence-corrected chi connectivity index (χ0v) is 11.0. The highest BCUT2D eigenvalue weighted by atomic mass is 16.5. The van der Waals surface area contributed by atoms with Gasteiger partial charge in [0.1, 0.15) is 18.3 Å². The van der Waals surface area contributed by atoms with E-state index in [9.17, 15) is 9.59 Å². The van der Waals surface area contributed by atoms with Crippen LogP contribution in [0.3, 0.4) is 0 Å². The minimum Gasteiger partial charge on any atom is -0.460 e. The van der Waals surface area contributed by atoms with E-state index in [-0.39, 0.29) is 12.4 Å². The second kappa shape index (κ2) is 7.64. The molecule has 3 nitrogen and oxygen atoms in total. The van der Waals surface area contributed by atoms with E-state index in [0.29, 0.717) is 6.42 Å². The van der Waals surface area contributed by atoms with E-state index < -0.39 is 11.9 Å². The van der Waals surface area contributed by atoms with Crippen molar-refractivity contribution in [2.45, 2.75) is 39.7 Å². The lowest BCUT2D eigenvalue weighted by Gasteiger charge is -2.12. The summed E-state index contributed by atoms with van der Waals surface area (Å²) in [6, 6.07) is 9.47. The molecule has 0 saturated heterocycles. The Kier molecular flexibility index (Phi) is 6.12. The third kappa shape index (κ3) is 4.70. The second-order valence-electron chi connectivity index (χ2n) is 4.40. The summed E-state index contributed by atoms with van der Waals surface area (Å²) in [5.74, 6) is -1.12. The summed E-state index contributed by atoms with van der Waals surface area (Å²) >= 11 is 0. The molecule has 3 heteroatoms. The maximum atomic E-state index is 11.8. The Labute approximate surface area is 108 Å². The largest absolute Gasteiger partial charge is 0.460 e. The molecule has 1 aromatic carbocycles. The first-order valence-corrected chi connectivity index (χ1v) is 6.36. The predicted octanol–water partition coefficient (Wildman–Crippen LogP) is 3.13. The van der Waals surface area contributed by atoms with Crippen molar-refractivity contribution in [1.82, 2.24) is 0 Å². The Morgan fingerprint density at radius 3 is 2.44 bits per heavy atom. The molecule has 0 bridgehead atoms. The number of ketones is 1. The molecule has 0 heterocycles. The molecule has 0 radical (unpaired) electrons. The fourth-order valence-electron chi connectivity index (χ4n) is 1.72. The Hall–Kier alpha value is -1.64. The number of esters is 1. The predicted molar refractivity (Wildman–Crippen MR) is 69.9 cm³/mol. The van der Waals surface area contributed by atoms with Gasteiger partial charge in [0.25, 0.3) is 0 Å². The van der Waals surface area contributed by atoms with Gasteiger partial charge in [-0.15, -0.1) is 0 Å². The molecule has 1 unspecified atom stereocenters. The topological polar surface area (TPSA) is 43.4 Å². The van der Waals surface area contributed by atoms with Crippen molar-refractivity contribution in [1.29, 1.82) is 0 Å². The van der Waals surface area contributed by atoms with Crippen molar-refractivity contribution in [2.24, 2.45) is 5.92 Å². The van der Waals surface area contributed by atoms with Gasteiger partial charge in [0.05, 0.1) is 0 Å². The SMILES string of the molecule is CCCCC(C(C)=O)C(=O)OCc1ccccc1. The van der Waals surface area contributed by atoms with E-state index in [1.807, 2.05) is 37.3 Å². The highest BCUT2D eigenvalue weighted by molar-refractivity contribution is 5.97. The summed E-state index contributed by atoms with van der Waals surface area (Å²) in [6.07, 6.45) is 2.42. The quantitative estimate of drug-likeness (QED) is 0.550. The summed E-state index contributed by atoms with van der Waals surface area (Å²) in [6.45, 7) is 3.71. The highest BCUT2D eigenvalue weighted by Crippen LogP contribution is 2.13. The molecule has 18 heavy (non-hydrogen) atoms. The summed E-state index contributed by atoms with van der Waals surface area (Å²) in [5.41, 5.74) is 0.934. The fraction of sp³-hybridized carbons (Fsp3) is 0.467. The van der Waals surface area contributed by atoms with Gasteiger partial charge in [0, 0.05) is 0 Å².